The van der Waals surface area contributed by atoms with E-state index in [0.29, 0.717) is 36.6 Å². The van der Waals surface area contributed by atoms with Crippen LogP contribution in [0.2, 0.25) is 5.02 Å². The van der Waals surface area contributed by atoms with E-state index in [4.69, 9.17) is 16.3 Å². The molecule has 0 saturated carbocycles. The number of benzene rings is 1. The summed E-state index contributed by atoms with van der Waals surface area (Å²) in [5, 5.41) is 9.72. The van der Waals surface area contributed by atoms with E-state index in [9.17, 15) is 14.7 Å². The number of likely N-dealkylation sites (tertiary alicyclic amines) is 1. The summed E-state index contributed by atoms with van der Waals surface area (Å²) < 4.78 is 5.09. The lowest BCUT2D eigenvalue weighted by molar-refractivity contribution is -0.147. The molecule has 1 unspecified atom stereocenters. The van der Waals surface area contributed by atoms with Gasteiger partial charge in [-0.25, -0.2) is 0 Å². The molecule has 22 heavy (non-hydrogen) atoms. The van der Waals surface area contributed by atoms with Gasteiger partial charge in [-0.1, -0.05) is 17.7 Å². The number of hydrogen-bond donors (Lipinski definition) is 1. The molecule has 1 aliphatic rings. The highest BCUT2D eigenvalue weighted by molar-refractivity contribution is 6.32. The van der Waals surface area contributed by atoms with Crippen LogP contribution in [0, 0.1) is 5.41 Å². The largest absolute Gasteiger partial charge is 0.495 e. The molecule has 1 aromatic rings. The van der Waals surface area contributed by atoms with Gasteiger partial charge in [0.1, 0.15) is 5.75 Å². The summed E-state index contributed by atoms with van der Waals surface area (Å²) in [5.74, 6) is -0.254. The highest BCUT2D eigenvalue weighted by atomic mass is 35.5. The predicted molar refractivity (Wildman–Crippen MR) is 83.3 cm³/mol. The molecule has 1 aromatic carbocycles. The fourth-order valence-electron chi connectivity index (χ4n) is 2.62. The van der Waals surface area contributed by atoms with Crippen LogP contribution in [0.1, 0.15) is 25.3 Å². The Hall–Kier alpha value is -1.75. The molecule has 1 aliphatic heterocycles. The van der Waals surface area contributed by atoms with Gasteiger partial charge in [0.25, 0.3) is 0 Å². The number of nitrogens with zero attached hydrogens (tertiary/aromatic N) is 1. The first-order valence-corrected chi connectivity index (χ1v) is 7.57. The summed E-state index contributed by atoms with van der Waals surface area (Å²) in [6.07, 6.45) is 1.42. The maximum atomic E-state index is 12.2. The maximum Gasteiger partial charge on any atom is 0.311 e. The summed E-state index contributed by atoms with van der Waals surface area (Å²) >= 11 is 6.06. The summed E-state index contributed by atoms with van der Waals surface area (Å²) in [5.41, 5.74) is 0.137. The number of carboxylic acids is 1. The van der Waals surface area contributed by atoms with Crippen molar-refractivity contribution in [3.63, 3.8) is 0 Å². The van der Waals surface area contributed by atoms with Crippen LogP contribution in [0.25, 0.3) is 0 Å². The van der Waals surface area contributed by atoms with Crippen molar-refractivity contribution in [3.05, 3.63) is 28.8 Å². The first-order valence-electron chi connectivity index (χ1n) is 7.19. The number of carboxylic acid groups (broad SMARTS) is 1. The molecule has 0 radical (unpaired) electrons. The number of carbonyl (C=O) groups excluding carboxylic acids is 1. The van der Waals surface area contributed by atoms with Crippen molar-refractivity contribution in [2.24, 2.45) is 5.41 Å². The lowest BCUT2D eigenvalue weighted by Gasteiger charge is -2.20. The zero-order valence-electron chi connectivity index (χ0n) is 12.8. The molecule has 0 aliphatic carbocycles. The fourth-order valence-corrected chi connectivity index (χ4v) is 2.90. The van der Waals surface area contributed by atoms with Gasteiger partial charge in [-0.15, -0.1) is 0 Å². The molecule has 1 fully saturated rings. The Labute approximate surface area is 134 Å². The Balaban J connectivity index is 1.91. The first-order chi connectivity index (χ1) is 10.4. The molecule has 120 valence electrons. The Morgan fingerprint density at radius 2 is 2.18 bits per heavy atom. The van der Waals surface area contributed by atoms with Crippen LogP contribution < -0.4 is 4.74 Å². The minimum absolute atomic E-state index is 0.0167. The topological polar surface area (TPSA) is 66.8 Å². The summed E-state index contributed by atoms with van der Waals surface area (Å²) in [4.78, 5) is 25.1. The smallest absolute Gasteiger partial charge is 0.311 e. The standard InChI is InChI=1S/C16H20ClNO4/c1-16(15(20)21)7-8-18(10-16)14(19)6-4-11-3-5-13(22-2)12(17)9-11/h3,5,9H,4,6-8,10H2,1-2H3,(H,20,21). The van der Waals surface area contributed by atoms with E-state index in [1.807, 2.05) is 6.07 Å². The molecule has 1 N–H and O–H groups in total. The van der Waals surface area contributed by atoms with Gasteiger partial charge in [0.2, 0.25) is 5.91 Å². The quantitative estimate of drug-likeness (QED) is 0.903. The van der Waals surface area contributed by atoms with Crippen LogP contribution in [0.15, 0.2) is 18.2 Å². The highest BCUT2D eigenvalue weighted by Crippen LogP contribution is 2.31. The molecular weight excluding hydrogens is 306 g/mol. The van der Waals surface area contributed by atoms with E-state index in [-0.39, 0.29) is 12.5 Å². The molecule has 5 nitrogen and oxygen atoms in total. The number of aryl methyl sites for hydroxylation is 1. The van der Waals surface area contributed by atoms with Crippen molar-refractivity contribution in [3.8, 4) is 5.75 Å². The fraction of sp³-hybridized carbons (Fsp3) is 0.500. The first kappa shape index (κ1) is 16.6. The zero-order chi connectivity index (χ0) is 16.3. The van der Waals surface area contributed by atoms with Crippen molar-refractivity contribution in [2.45, 2.75) is 26.2 Å². The summed E-state index contributed by atoms with van der Waals surface area (Å²) in [6.45, 7) is 2.47. The van der Waals surface area contributed by atoms with Gasteiger partial charge in [0.05, 0.1) is 17.5 Å². The molecule has 0 bridgehead atoms. The Bertz CT molecular complexity index is 590. The van der Waals surface area contributed by atoms with Crippen LogP contribution in [0.3, 0.4) is 0 Å². The van der Waals surface area contributed by atoms with E-state index in [0.717, 1.165) is 5.56 Å². The second-order valence-corrected chi connectivity index (χ2v) is 6.31. The average Bonchev–Trinajstić information content (AvgIpc) is 2.89. The molecule has 1 saturated heterocycles. The number of amides is 1. The van der Waals surface area contributed by atoms with Gasteiger partial charge in [-0.05, 0) is 37.5 Å². The average molecular weight is 326 g/mol. The van der Waals surface area contributed by atoms with Crippen LogP contribution in [-0.2, 0) is 16.0 Å². The van der Waals surface area contributed by atoms with E-state index in [2.05, 4.69) is 0 Å². The third kappa shape index (κ3) is 3.53. The Morgan fingerprint density at radius 3 is 2.73 bits per heavy atom. The van der Waals surface area contributed by atoms with Gasteiger partial charge in [0.15, 0.2) is 0 Å². The monoisotopic (exact) mass is 325 g/mol. The maximum absolute atomic E-state index is 12.2. The zero-order valence-corrected chi connectivity index (χ0v) is 13.5. The summed E-state index contributed by atoms with van der Waals surface area (Å²) in [7, 11) is 1.55. The number of hydrogen-bond acceptors (Lipinski definition) is 3. The van der Waals surface area contributed by atoms with Gasteiger partial charge in [0, 0.05) is 19.5 Å². The number of halogens is 1. The molecule has 1 amide bonds. The third-order valence-corrected chi connectivity index (χ3v) is 4.48. The van der Waals surface area contributed by atoms with E-state index >= 15 is 0 Å². The second-order valence-electron chi connectivity index (χ2n) is 5.90. The molecule has 6 heteroatoms. The van der Waals surface area contributed by atoms with Gasteiger partial charge in [-0.3, -0.25) is 9.59 Å². The molecule has 0 spiro atoms. The normalized spacial score (nSPS) is 21.0. The molecule has 0 aromatic heterocycles. The number of ether oxygens (including phenoxy) is 1. The third-order valence-electron chi connectivity index (χ3n) is 4.19. The van der Waals surface area contributed by atoms with Crippen molar-refractivity contribution in [1.82, 2.24) is 4.90 Å². The molecular formula is C16H20ClNO4. The van der Waals surface area contributed by atoms with E-state index < -0.39 is 11.4 Å². The van der Waals surface area contributed by atoms with Gasteiger partial charge < -0.3 is 14.7 Å². The van der Waals surface area contributed by atoms with Gasteiger partial charge >= 0.3 is 5.97 Å². The molecule has 2 rings (SSSR count). The van der Waals surface area contributed by atoms with Crippen LogP contribution >= 0.6 is 11.6 Å². The van der Waals surface area contributed by atoms with E-state index in [1.54, 1.807) is 31.1 Å². The Kier molecular flexibility index (Phi) is 4.96. The SMILES string of the molecule is COc1ccc(CCC(=O)N2CCC(C)(C(=O)O)C2)cc1Cl. The van der Waals surface area contributed by atoms with Gasteiger partial charge in [-0.2, -0.15) is 0 Å². The minimum atomic E-state index is -0.843. The van der Waals surface area contributed by atoms with Crippen molar-refractivity contribution >= 4 is 23.5 Å². The molecule has 1 atom stereocenters. The number of rotatable bonds is 5. The number of aliphatic carboxylic acids is 1. The predicted octanol–water partition coefficient (Wildman–Crippen LogP) is 2.60. The molecule has 1 heterocycles. The Morgan fingerprint density at radius 1 is 1.45 bits per heavy atom. The lowest BCUT2D eigenvalue weighted by Crippen LogP contribution is -2.34. The van der Waals surface area contributed by atoms with Crippen molar-refractivity contribution in [2.75, 3.05) is 20.2 Å². The van der Waals surface area contributed by atoms with Crippen molar-refractivity contribution < 1.29 is 19.4 Å². The lowest BCUT2D eigenvalue weighted by atomic mass is 9.90. The van der Waals surface area contributed by atoms with E-state index in [1.165, 1.54) is 0 Å². The highest BCUT2D eigenvalue weighted by Gasteiger charge is 2.41. The van der Waals surface area contributed by atoms with Crippen LogP contribution in [0.4, 0.5) is 0 Å². The number of methoxy groups -OCH3 is 1. The van der Waals surface area contributed by atoms with Crippen LogP contribution in [0.5, 0.6) is 5.75 Å². The second kappa shape index (κ2) is 6.57. The summed E-state index contributed by atoms with van der Waals surface area (Å²) in [6, 6.07) is 5.45. The van der Waals surface area contributed by atoms with Crippen LogP contribution in [-0.4, -0.2) is 42.1 Å². The number of carbonyl (C=O) groups is 2. The van der Waals surface area contributed by atoms with Crippen molar-refractivity contribution in [1.29, 1.82) is 0 Å². The minimum Gasteiger partial charge on any atom is -0.495 e.